The minimum Gasteiger partial charge on any atom is -0.326 e. The summed E-state index contributed by atoms with van der Waals surface area (Å²) in [4.78, 5) is 14.5. The van der Waals surface area contributed by atoms with Crippen molar-refractivity contribution in [3.63, 3.8) is 0 Å². The second-order valence-electron chi connectivity index (χ2n) is 5.96. The molecule has 2 N–H and O–H groups in total. The van der Waals surface area contributed by atoms with Gasteiger partial charge >= 0.3 is 12.2 Å². The maximum absolute atomic E-state index is 13.7. The number of nitrogens with zero attached hydrogens (tertiary/aromatic N) is 3. The molecule has 3 atom stereocenters. The van der Waals surface area contributed by atoms with E-state index in [4.69, 9.17) is 22.6 Å². The zero-order chi connectivity index (χ0) is 17.8. The number of rotatable bonds is 1. The van der Waals surface area contributed by atoms with Gasteiger partial charge < -0.3 is 10.6 Å². The molecule has 5 nitrogen and oxygen atoms in total. The molecule has 128 valence electrons. The molecule has 0 saturated carbocycles. The number of alkyl halides is 3. The monoisotopic (exact) mass is 358 g/mol. The van der Waals surface area contributed by atoms with E-state index in [2.05, 4.69) is 0 Å². The highest BCUT2D eigenvalue weighted by atomic mass is 35.5. The number of benzene rings is 1. The fourth-order valence-corrected chi connectivity index (χ4v) is 3.69. The molecular formula is C15H14ClF3N4O. The number of nitrogens with two attached hydrogens (primary N) is 1. The second-order valence-corrected chi connectivity index (χ2v) is 6.34. The van der Waals surface area contributed by atoms with Crippen molar-refractivity contribution >= 4 is 23.3 Å². The number of carbonyl (C=O) groups is 1. The first-order chi connectivity index (χ1) is 11.2. The van der Waals surface area contributed by atoms with Gasteiger partial charge in [-0.05, 0) is 31.0 Å². The van der Waals surface area contributed by atoms with Crippen molar-refractivity contribution in [1.29, 1.82) is 5.26 Å². The van der Waals surface area contributed by atoms with Crippen LogP contribution in [0.1, 0.15) is 17.5 Å². The van der Waals surface area contributed by atoms with Gasteiger partial charge in [0, 0.05) is 12.6 Å². The molecule has 1 aromatic carbocycles. The number of hydrogen-bond donors (Lipinski definition) is 1. The number of hydrogen-bond acceptors (Lipinski definition) is 3. The Bertz CT molecular complexity index is 745. The Morgan fingerprint density at radius 2 is 2.08 bits per heavy atom. The molecule has 2 aliphatic rings. The molecule has 24 heavy (non-hydrogen) atoms. The Morgan fingerprint density at radius 3 is 2.67 bits per heavy atom. The summed E-state index contributed by atoms with van der Waals surface area (Å²) in [5.41, 5.74) is 6.28. The highest BCUT2D eigenvalue weighted by Gasteiger charge is 2.62. The first-order valence-electron chi connectivity index (χ1n) is 7.29. The summed E-state index contributed by atoms with van der Waals surface area (Å²) in [5.74, 6) is 0. The van der Waals surface area contributed by atoms with Crippen LogP contribution in [0.15, 0.2) is 12.1 Å². The van der Waals surface area contributed by atoms with Gasteiger partial charge in [-0.2, -0.15) is 18.4 Å². The van der Waals surface area contributed by atoms with Gasteiger partial charge in [0.2, 0.25) is 0 Å². The Morgan fingerprint density at radius 1 is 1.42 bits per heavy atom. The van der Waals surface area contributed by atoms with Gasteiger partial charge in [-0.1, -0.05) is 11.6 Å². The standard InChI is InChI=1S/C15H14ClF3N4O/c1-7-10(3-2-8(6-20)11(7)16)23-13(15(17,18)19)12-9(21)4-5-22(12)14(23)24/h2-3,9,12-13H,4-5,21H2,1H3. The predicted molar refractivity (Wildman–Crippen MR) is 81.7 cm³/mol. The van der Waals surface area contributed by atoms with E-state index in [0.29, 0.717) is 11.3 Å². The van der Waals surface area contributed by atoms with Crippen LogP contribution in [-0.4, -0.2) is 41.8 Å². The van der Waals surface area contributed by atoms with E-state index in [1.807, 2.05) is 6.07 Å². The third-order valence-electron chi connectivity index (χ3n) is 4.63. The first-order valence-corrected chi connectivity index (χ1v) is 7.67. The molecular weight excluding hydrogens is 345 g/mol. The number of amides is 2. The van der Waals surface area contributed by atoms with Crippen LogP contribution in [0, 0.1) is 18.3 Å². The maximum Gasteiger partial charge on any atom is 0.411 e. The average Bonchev–Trinajstić information content (AvgIpc) is 3.01. The zero-order valence-electron chi connectivity index (χ0n) is 12.6. The molecule has 1 aromatic rings. The summed E-state index contributed by atoms with van der Waals surface area (Å²) in [6.07, 6.45) is -4.30. The molecule has 9 heteroatoms. The molecule has 0 radical (unpaired) electrons. The summed E-state index contributed by atoms with van der Waals surface area (Å²) in [7, 11) is 0. The van der Waals surface area contributed by atoms with E-state index in [0.717, 1.165) is 0 Å². The van der Waals surface area contributed by atoms with Crippen molar-refractivity contribution in [2.24, 2.45) is 5.73 Å². The molecule has 0 aliphatic carbocycles. The second kappa shape index (κ2) is 5.53. The first kappa shape index (κ1) is 16.9. The van der Waals surface area contributed by atoms with Crippen LogP contribution in [0.4, 0.5) is 23.7 Å². The van der Waals surface area contributed by atoms with Crippen LogP contribution >= 0.6 is 11.6 Å². The van der Waals surface area contributed by atoms with Crippen LogP contribution in [0.5, 0.6) is 0 Å². The molecule has 2 aliphatic heterocycles. The van der Waals surface area contributed by atoms with Crippen LogP contribution < -0.4 is 10.6 Å². The molecule has 0 bridgehead atoms. The van der Waals surface area contributed by atoms with Crippen LogP contribution in [-0.2, 0) is 0 Å². The summed E-state index contributed by atoms with van der Waals surface area (Å²) >= 11 is 6.06. The lowest BCUT2D eigenvalue weighted by molar-refractivity contribution is -0.152. The number of nitriles is 1. The third kappa shape index (κ3) is 2.31. The van der Waals surface area contributed by atoms with Gasteiger partial charge in [0.15, 0.2) is 6.04 Å². The largest absolute Gasteiger partial charge is 0.411 e. The molecule has 2 amide bonds. The van der Waals surface area contributed by atoms with Crippen molar-refractivity contribution < 1.29 is 18.0 Å². The number of carbonyl (C=O) groups excluding carboxylic acids is 1. The average molecular weight is 359 g/mol. The lowest BCUT2D eigenvalue weighted by Gasteiger charge is -2.30. The Hall–Kier alpha value is -1.98. The summed E-state index contributed by atoms with van der Waals surface area (Å²) in [6.45, 7) is 1.68. The Kier molecular flexibility index (Phi) is 3.89. The molecule has 2 heterocycles. The van der Waals surface area contributed by atoms with Gasteiger partial charge in [-0.25, -0.2) is 4.79 Å². The number of urea groups is 1. The van der Waals surface area contributed by atoms with Gasteiger partial charge in [0.25, 0.3) is 0 Å². The van der Waals surface area contributed by atoms with Crippen molar-refractivity contribution in [1.82, 2.24) is 4.90 Å². The smallest absolute Gasteiger partial charge is 0.326 e. The minimum atomic E-state index is -4.64. The van der Waals surface area contributed by atoms with Gasteiger partial charge in [-0.15, -0.1) is 0 Å². The van der Waals surface area contributed by atoms with Crippen LogP contribution in [0.3, 0.4) is 0 Å². The number of halogens is 4. The molecule has 0 spiro atoms. The molecule has 3 rings (SSSR count). The quantitative estimate of drug-likeness (QED) is 0.839. The van der Waals surface area contributed by atoms with Crippen molar-refractivity contribution in [2.75, 3.05) is 11.4 Å². The lowest BCUT2D eigenvalue weighted by Crippen LogP contribution is -2.53. The van der Waals surface area contributed by atoms with E-state index >= 15 is 0 Å². The molecule has 2 saturated heterocycles. The SMILES string of the molecule is Cc1c(N2C(=O)N3CCC(N)C3C2C(F)(F)F)ccc(C#N)c1Cl. The minimum absolute atomic E-state index is 0.0417. The van der Waals surface area contributed by atoms with Gasteiger partial charge in [-0.3, -0.25) is 4.90 Å². The topological polar surface area (TPSA) is 73.4 Å². The van der Waals surface area contributed by atoms with E-state index in [9.17, 15) is 18.0 Å². The lowest BCUT2D eigenvalue weighted by atomic mass is 10.00. The van der Waals surface area contributed by atoms with E-state index < -0.39 is 30.3 Å². The fourth-order valence-electron chi connectivity index (χ4n) is 3.49. The van der Waals surface area contributed by atoms with E-state index in [-0.39, 0.29) is 28.4 Å². The summed E-state index contributed by atoms with van der Waals surface area (Å²) in [5, 5.41) is 9.02. The molecule has 0 aromatic heterocycles. The Balaban J connectivity index is 2.14. The van der Waals surface area contributed by atoms with Crippen molar-refractivity contribution in [2.45, 2.75) is 37.6 Å². The molecule has 2 fully saturated rings. The van der Waals surface area contributed by atoms with E-state index in [1.165, 1.54) is 24.0 Å². The summed E-state index contributed by atoms with van der Waals surface area (Å²) < 4.78 is 41.1. The normalized spacial score (nSPS) is 26.7. The maximum atomic E-state index is 13.7. The summed E-state index contributed by atoms with van der Waals surface area (Å²) in [6, 6.07) is -0.126. The number of fused-ring (bicyclic) bond motifs is 1. The highest BCUT2D eigenvalue weighted by molar-refractivity contribution is 6.33. The van der Waals surface area contributed by atoms with Crippen molar-refractivity contribution in [3.8, 4) is 6.07 Å². The van der Waals surface area contributed by atoms with Crippen molar-refractivity contribution in [3.05, 3.63) is 28.3 Å². The Labute approximate surface area is 141 Å². The van der Waals surface area contributed by atoms with Crippen LogP contribution in [0.25, 0.3) is 0 Å². The van der Waals surface area contributed by atoms with Gasteiger partial charge in [0.1, 0.15) is 6.07 Å². The van der Waals surface area contributed by atoms with Gasteiger partial charge in [0.05, 0.1) is 22.3 Å². The predicted octanol–water partition coefficient (Wildman–Crippen LogP) is 2.79. The number of anilines is 1. The van der Waals surface area contributed by atoms with Crippen LogP contribution in [0.2, 0.25) is 5.02 Å². The fraction of sp³-hybridized carbons (Fsp3) is 0.467. The molecule has 3 unspecified atom stereocenters. The van der Waals surface area contributed by atoms with E-state index in [1.54, 1.807) is 0 Å². The third-order valence-corrected chi connectivity index (χ3v) is 5.12. The highest BCUT2D eigenvalue weighted by Crippen LogP contribution is 2.44. The zero-order valence-corrected chi connectivity index (χ0v) is 13.4.